The molecule has 0 radical (unpaired) electrons. The summed E-state index contributed by atoms with van der Waals surface area (Å²) in [6, 6.07) is 0. The zero-order valence-corrected chi connectivity index (χ0v) is 11.5. The Morgan fingerprint density at radius 3 is 2.83 bits per heavy atom. The van der Waals surface area contributed by atoms with E-state index in [-0.39, 0.29) is 11.7 Å². The summed E-state index contributed by atoms with van der Waals surface area (Å²) in [5.74, 6) is 1.61. The van der Waals surface area contributed by atoms with Crippen molar-refractivity contribution in [1.82, 2.24) is 5.32 Å². The lowest BCUT2D eigenvalue weighted by Crippen LogP contribution is -2.57. The van der Waals surface area contributed by atoms with Gasteiger partial charge in [-0.3, -0.25) is 4.79 Å². The zero-order chi connectivity index (χ0) is 13.2. The highest BCUT2D eigenvalue weighted by Gasteiger charge is 2.52. The maximum atomic E-state index is 12.3. The first kappa shape index (κ1) is 13.5. The normalized spacial score (nSPS) is 36.2. The van der Waals surface area contributed by atoms with Gasteiger partial charge in [-0.1, -0.05) is 12.1 Å². The molecule has 0 bridgehead atoms. The van der Waals surface area contributed by atoms with Gasteiger partial charge in [0.15, 0.2) is 5.84 Å². The molecule has 6 heteroatoms. The molecule has 0 aromatic carbocycles. The largest absolute Gasteiger partial charge is 0.409 e. The van der Waals surface area contributed by atoms with E-state index in [0.717, 1.165) is 6.42 Å². The summed E-state index contributed by atoms with van der Waals surface area (Å²) < 4.78 is 0. The first-order valence-electron chi connectivity index (χ1n) is 6.46. The predicted octanol–water partition coefficient (Wildman–Crippen LogP) is 1.16. The van der Waals surface area contributed by atoms with Crippen LogP contribution in [0.25, 0.3) is 0 Å². The summed E-state index contributed by atoms with van der Waals surface area (Å²) in [5, 5.41) is 15.4. The molecule has 18 heavy (non-hydrogen) atoms. The van der Waals surface area contributed by atoms with E-state index in [1.165, 1.54) is 12.2 Å². The average molecular weight is 271 g/mol. The molecular formula is C12H21N3O2S. The molecule has 0 aromatic heterocycles. The summed E-state index contributed by atoms with van der Waals surface area (Å²) in [5.41, 5.74) is 4.93. The number of amides is 1. The van der Waals surface area contributed by atoms with Crippen molar-refractivity contribution in [3.63, 3.8) is 0 Å². The number of rotatable bonds is 4. The second kappa shape index (κ2) is 5.38. The van der Waals surface area contributed by atoms with Gasteiger partial charge in [0.25, 0.3) is 0 Å². The fraction of sp³-hybridized carbons (Fsp3) is 0.833. The van der Waals surface area contributed by atoms with Crippen LogP contribution in [0.15, 0.2) is 5.16 Å². The second-order valence-electron chi connectivity index (χ2n) is 5.43. The summed E-state index contributed by atoms with van der Waals surface area (Å²) in [6.45, 7) is 2.77. The van der Waals surface area contributed by atoms with Crippen molar-refractivity contribution in [2.45, 2.75) is 37.9 Å². The van der Waals surface area contributed by atoms with Gasteiger partial charge < -0.3 is 16.3 Å². The van der Waals surface area contributed by atoms with E-state index in [2.05, 4.69) is 17.4 Å². The molecule has 1 heterocycles. The standard InChI is InChI=1S/C12H21N3O2S/c1-8-5-12(6-8,10(13)15-17)11(16)14-7-9-3-2-4-18-9/h8-9,17H,2-7H2,1H3,(H2,13,15)(H,14,16). The fourth-order valence-electron chi connectivity index (χ4n) is 2.92. The first-order chi connectivity index (χ1) is 8.58. The van der Waals surface area contributed by atoms with Gasteiger partial charge in [0.1, 0.15) is 5.41 Å². The van der Waals surface area contributed by atoms with Crippen molar-refractivity contribution in [2.75, 3.05) is 12.3 Å². The van der Waals surface area contributed by atoms with Gasteiger partial charge in [-0.05, 0) is 37.4 Å². The molecule has 102 valence electrons. The topological polar surface area (TPSA) is 87.7 Å². The third-order valence-corrected chi connectivity index (χ3v) is 5.34. The Morgan fingerprint density at radius 1 is 1.61 bits per heavy atom. The number of thioether (sulfide) groups is 1. The lowest BCUT2D eigenvalue weighted by molar-refractivity contribution is -0.133. The molecule has 1 atom stereocenters. The maximum Gasteiger partial charge on any atom is 0.234 e. The highest BCUT2D eigenvalue weighted by atomic mass is 32.2. The van der Waals surface area contributed by atoms with E-state index in [9.17, 15) is 4.79 Å². The highest BCUT2D eigenvalue weighted by molar-refractivity contribution is 8.00. The average Bonchev–Trinajstić information content (AvgIpc) is 2.83. The molecule has 4 N–H and O–H groups in total. The number of carbonyl (C=O) groups is 1. The van der Waals surface area contributed by atoms with Crippen molar-refractivity contribution >= 4 is 23.5 Å². The van der Waals surface area contributed by atoms with Crippen LogP contribution in [-0.2, 0) is 4.79 Å². The van der Waals surface area contributed by atoms with Crippen LogP contribution in [0, 0.1) is 11.3 Å². The summed E-state index contributed by atoms with van der Waals surface area (Å²) >= 11 is 1.91. The lowest BCUT2D eigenvalue weighted by Gasteiger charge is -2.43. The maximum absolute atomic E-state index is 12.3. The minimum atomic E-state index is -0.766. The minimum absolute atomic E-state index is 0.0529. The Hall–Kier alpha value is -0.910. The number of carbonyl (C=O) groups excluding carboxylic acids is 1. The Morgan fingerprint density at radius 2 is 2.33 bits per heavy atom. The van der Waals surface area contributed by atoms with Gasteiger partial charge in [0.05, 0.1) is 0 Å². The van der Waals surface area contributed by atoms with Crippen LogP contribution in [-0.4, -0.2) is 34.5 Å². The van der Waals surface area contributed by atoms with Gasteiger partial charge >= 0.3 is 0 Å². The van der Waals surface area contributed by atoms with Gasteiger partial charge in [-0.25, -0.2) is 0 Å². The number of nitrogens with zero attached hydrogens (tertiary/aromatic N) is 1. The predicted molar refractivity (Wildman–Crippen MR) is 72.7 cm³/mol. The van der Waals surface area contributed by atoms with Crippen LogP contribution >= 0.6 is 11.8 Å². The Labute approximate surface area is 112 Å². The molecule has 0 aromatic rings. The lowest BCUT2D eigenvalue weighted by atomic mass is 9.61. The van der Waals surface area contributed by atoms with E-state index in [4.69, 9.17) is 10.9 Å². The molecule has 1 saturated carbocycles. The summed E-state index contributed by atoms with van der Waals surface area (Å²) in [4.78, 5) is 12.3. The smallest absolute Gasteiger partial charge is 0.234 e. The van der Waals surface area contributed by atoms with Crippen LogP contribution in [0.4, 0.5) is 0 Å². The van der Waals surface area contributed by atoms with Gasteiger partial charge in [0.2, 0.25) is 5.91 Å². The molecule has 2 rings (SSSR count). The molecule has 1 aliphatic heterocycles. The number of nitrogens with two attached hydrogens (primary N) is 1. The quantitative estimate of drug-likeness (QED) is 0.310. The number of oxime groups is 1. The van der Waals surface area contributed by atoms with Crippen LogP contribution in [0.3, 0.4) is 0 Å². The van der Waals surface area contributed by atoms with Gasteiger partial charge in [-0.2, -0.15) is 11.8 Å². The van der Waals surface area contributed by atoms with Gasteiger partial charge in [0, 0.05) is 11.8 Å². The van der Waals surface area contributed by atoms with Crippen LogP contribution in [0.2, 0.25) is 0 Å². The van der Waals surface area contributed by atoms with Crippen LogP contribution < -0.4 is 11.1 Å². The van der Waals surface area contributed by atoms with E-state index in [0.29, 0.717) is 30.6 Å². The molecule has 1 amide bonds. The summed E-state index contributed by atoms with van der Waals surface area (Å²) in [7, 11) is 0. The van der Waals surface area contributed by atoms with Crippen molar-refractivity contribution in [1.29, 1.82) is 0 Å². The molecule has 1 saturated heterocycles. The van der Waals surface area contributed by atoms with E-state index >= 15 is 0 Å². The SMILES string of the molecule is CC1CC(C(=O)NCC2CCCS2)(C(N)=NO)C1. The molecule has 0 spiro atoms. The second-order valence-corrected chi connectivity index (χ2v) is 6.83. The number of hydrogen-bond donors (Lipinski definition) is 3. The van der Waals surface area contributed by atoms with E-state index < -0.39 is 5.41 Å². The Bertz CT molecular complexity index is 347. The number of hydrogen-bond acceptors (Lipinski definition) is 4. The van der Waals surface area contributed by atoms with Crippen molar-refractivity contribution in [3.8, 4) is 0 Å². The van der Waals surface area contributed by atoms with E-state index in [1.807, 2.05) is 11.8 Å². The highest BCUT2D eigenvalue weighted by Crippen LogP contribution is 2.45. The third kappa shape index (κ3) is 2.43. The fourth-order valence-corrected chi connectivity index (χ4v) is 4.12. The van der Waals surface area contributed by atoms with E-state index in [1.54, 1.807) is 0 Å². The monoisotopic (exact) mass is 271 g/mol. The van der Waals surface area contributed by atoms with Crippen molar-refractivity contribution in [2.24, 2.45) is 22.2 Å². The minimum Gasteiger partial charge on any atom is -0.409 e. The van der Waals surface area contributed by atoms with Crippen molar-refractivity contribution in [3.05, 3.63) is 0 Å². The zero-order valence-electron chi connectivity index (χ0n) is 10.7. The molecule has 1 aliphatic carbocycles. The number of amidine groups is 1. The number of nitrogens with one attached hydrogen (secondary N) is 1. The Balaban J connectivity index is 1.92. The summed E-state index contributed by atoms with van der Waals surface area (Å²) in [6.07, 6.45) is 3.74. The molecule has 2 aliphatic rings. The van der Waals surface area contributed by atoms with Gasteiger partial charge in [-0.15, -0.1) is 0 Å². The Kier molecular flexibility index (Phi) is 4.04. The molecule has 5 nitrogen and oxygen atoms in total. The molecular weight excluding hydrogens is 250 g/mol. The van der Waals surface area contributed by atoms with Crippen LogP contribution in [0.5, 0.6) is 0 Å². The first-order valence-corrected chi connectivity index (χ1v) is 7.51. The van der Waals surface area contributed by atoms with Crippen LogP contribution in [0.1, 0.15) is 32.6 Å². The molecule has 1 unspecified atom stereocenters. The van der Waals surface area contributed by atoms with Crippen molar-refractivity contribution < 1.29 is 10.0 Å². The third-order valence-electron chi connectivity index (χ3n) is 3.94. The molecule has 2 fully saturated rings.